The number of ether oxygens (including phenoxy) is 1. The van der Waals surface area contributed by atoms with Gasteiger partial charge >= 0.3 is 0 Å². The number of ketones is 1. The van der Waals surface area contributed by atoms with E-state index in [-0.39, 0.29) is 5.92 Å². The molecule has 1 aliphatic heterocycles. The van der Waals surface area contributed by atoms with Gasteiger partial charge < -0.3 is 10.1 Å². The van der Waals surface area contributed by atoms with Crippen molar-refractivity contribution in [3.05, 3.63) is 0 Å². The summed E-state index contributed by atoms with van der Waals surface area (Å²) in [6.07, 6.45) is 2.50. The summed E-state index contributed by atoms with van der Waals surface area (Å²) in [5.41, 5.74) is 0. The Bertz CT molecular complexity index is 174. The highest BCUT2D eigenvalue weighted by molar-refractivity contribution is 5.81. The molecule has 0 saturated carbocycles. The van der Waals surface area contributed by atoms with E-state index in [1.54, 1.807) is 0 Å². The highest BCUT2D eigenvalue weighted by Crippen LogP contribution is 2.16. The molecule has 1 heterocycles. The second-order valence-electron chi connectivity index (χ2n) is 4.21. The summed E-state index contributed by atoms with van der Waals surface area (Å²) < 4.78 is 5.22. The SMILES string of the molecule is CC(C)NCCC(=O)C1CCOCC1. The molecule has 1 saturated heterocycles. The van der Waals surface area contributed by atoms with Crippen LogP contribution in [0.3, 0.4) is 0 Å². The van der Waals surface area contributed by atoms with E-state index in [1.165, 1.54) is 0 Å². The molecule has 14 heavy (non-hydrogen) atoms. The van der Waals surface area contributed by atoms with E-state index in [2.05, 4.69) is 19.2 Å². The zero-order valence-electron chi connectivity index (χ0n) is 9.21. The standard InChI is InChI=1S/C11H21NO2/c1-9(2)12-6-3-11(13)10-4-7-14-8-5-10/h9-10,12H,3-8H2,1-2H3. The molecular formula is C11H21NO2. The summed E-state index contributed by atoms with van der Waals surface area (Å²) in [5, 5.41) is 3.26. The summed E-state index contributed by atoms with van der Waals surface area (Å²) in [6.45, 7) is 6.52. The fourth-order valence-electron chi connectivity index (χ4n) is 1.71. The van der Waals surface area contributed by atoms with Crippen LogP contribution in [0.5, 0.6) is 0 Å². The number of carbonyl (C=O) groups excluding carboxylic acids is 1. The fraction of sp³-hybridized carbons (Fsp3) is 0.909. The van der Waals surface area contributed by atoms with Gasteiger partial charge in [-0.15, -0.1) is 0 Å². The van der Waals surface area contributed by atoms with Crippen LogP contribution < -0.4 is 5.32 Å². The summed E-state index contributed by atoms with van der Waals surface area (Å²) in [4.78, 5) is 11.7. The first kappa shape index (κ1) is 11.7. The van der Waals surface area contributed by atoms with Crippen molar-refractivity contribution < 1.29 is 9.53 Å². The van der Waals surface area contributed by atoms with Crippen molar-refractivity contribution in [3.8, 4) is 0 Å². The number of hydrogen-bond acceptors (Lipinski definition) is 3. The molecule has 0 aromatic carbocycles. The third kappa shape index (κ3) is 4.20. The Morgan fingerprint density at radius 1 is 1.43 bits per heavy atom. The molecule has 3 heteroatoms. The molecule has 1 aliphatic rings. The summed E-state index contributed by atoms with van der Waals surface area (Å²) >= 11 is 0. The molecule has 0 unspecified atom stereocenters. The Kier molecular flexibility index (Phi) is 5.12. The molecule has 1 fully saturated rings. The van der Waals surface area contributed by atoms with Crippen LogP contribution in [-0.4, -0.2) is 31.6 Å². The van der Waals surface area contributed by atoms with Gasteiger partial charge in [-0.3, -0.25) is 4.79 Å². The Morgan fingerprint density at radius 2 is 2.07 bits per heavy atom. The normalized spacial score (nSPS) is 18.8. The van der Waals surface area contributed by atoms with Crippen molar-refractivity contribution in [1.82, 2.24) is 5.32 Å². The number of carbonyl (C=O) groups is 1. The van der Waals surface area contributed by atoms with Crippen LogP contribution in [0.25, 0.3) is 0 Å². The van der Waals surface area contributed by atoms with E-state index in [9.17, 15) is 4.79 Å². The molecule has 0 atom stereocenters. The van der Waals surface area contributed by atoms with E-state index in [0.717, 1.165) is 32.6 Å². The largest absolute Gasteiger partial charge is 0.381 e. The highest BCUT2D eigenvalue weighted by Gasteiger charge is 2.20. The predicted molar refractivity (Wildman–Crippen MR) is 56.3 cm³/mol. The first-order valence-corrected chi connectivity index (χ1v) is 5.54. The lowest BCUT2D eigenvalue weighted by atomic mass is 9.93. The van der Waals surface area contributed by atoms with Gasteiger partial charge in [-0.25, -0.2) is 0 Å². The molecule has 0 spiro atoms. The Hall–Kier alpha value is -0.410. The van der Waals surface area contributed by atoms with Gasteiger partial charge in [-0.1, -0.05) is 13.8 Å². The van der Waals surface area contributed by atoms with Crippen molar-refractivity contribution in [2.45, 2.75) is 39.2 Å². The van der Waals surface area contributed by atoms with Crippen LogP contribution in [-0.2, 0) is 9.53 Å². The molecule has 0 aromatic rings. The van der Waals surface area contributed by atoms with Gasteiger partial charge in [0, 0.05) is 38.1 Å². The van der Waals surface area contributed by atoms with Gasteiger partial charge in [0.2, 0.25) is 0 Å². The monoisotopic (exact) mass is 199 g/mol. The quantitative estimate of drug-likeness (QED) is 0.726. The van der Waals surface area contributed by atoms with Crippen LogP contribution in [0.4, 0.5) is 0 Å². The second kappa shape index (κ2) is 6.14. The lowest BCUT2D eigenvalue weighted by Gasteiger charge is -2.21. The third-order valence-electron chi connectivity index (χ3n) is 2.60. The van der Waals surface area contributed by atoms with Crippen LogP contribution in [0.1, 0.15) is 33.1 Å². The molecular weight excluding hydrogens is 178 g/mol. The molecule has 0 aliphatic carbocycles. The Labute approximate surface area is 86.2 Å². The maximum Gasteiger partial charge on any atom is 0.137 e. The van der Waals surface area contributed by atoms with Crippen molar-refractivity contribution in [2.75, 3.05) is 19.8 Å². The van der Waals surface area contributed by atoms with Crippen LogP contribution in [0.15, 0.2) is 0 Å². The van der Waals surface area contributed by atoms with Gasteiger partial charge in [-0.2, -0.15) is 0 Å². The minimum Gasteiger partial charge on any atom is -0.381 e. The summed E-state index contributed by atoms with van der Waals surface area (Å²) in [7, 11) is 0. The summed E-state index contributed by atoms with van der Waals surface area (Å²) in [5.74, 6) is 0.666. The molecule has 0 amide bonds. The van der Waals surface area contributed by atoms with Gasteiger partial charge in [0.1, 0.15) is 5.78 Å². The van der Waals surface area contributed by atoms with Gasteiger partial charge in [-0.05, 0) is 12.8 Å². The Morgan fingerprint density at radius 3 is 2.64 bits per heavy atom. The zero-order chi connectivity index (χ0) is 10.4. The van der Waals surface area contributed by atoms with Crippen molar-refractivity contribution in [3.63, 3.8) is 0 Å². The maximum absolute atomic E-state index is 11.7. The fourth-order valence-corrected chi connectivity index (χ4v) is 1.71. The number of rotatable bonds is 5. The number of Topliss-reactive ketones (excluding diaryl/α,β-unsaturated/α-hetero) is 1. The number of hydrogen-bond donors (Lipinski definition) is 1. The van der Waals surface area contributed by atoms with Crippen molar-refractivity contribution >= 4 is 5.78 Å². The van der Waals surface area contributed by atoms with Gasteiger partial charge in [0.15, 0.2) is 0 Å². The molecule has 0 bridgehead atoms. The van der Waals surface area contributed by atoms with Crippen LogP contribution in [0, 0.1) is 5.92 Å². The number of nitrogens with one attached hydrogen (secondary N) is 1. The van der Waals surface area contributed by atoms with Gasteiger partial charge in [0.05, 0.1) is 0 Å². The van der Waals surface area contributed by atoms with E-state index < -0.39 is 0 Å². The Balaban J connectivity index is 2.13. The van der Waals surface area contributed by atoms with Crippen LogP contribution >= 0.6 is 0 Å². The van der Waals surface area contributed by atoms with Crippen molar-refractivity contribution in [2.24, 2.45) is 5.92 Å². The van der Waals surface area contributed by atoms with E-state index in [1.807, 2.05) is 0 Å². The molecule has 82 valence electrons. The average molecular weight is 199 g/mol. The minimum absolute atomic E-state index is 0.262. The third-order valence-corrected chi connectivity index (χ3v) is 2.60. The van der Waals surface area contributed by atoms with E-state index >= 15 is 0 Å². The molecule has 0 radical (unpaired) electrons. The molecule has 0 aromatic heterocycles. The zero-order valence-corrected chi connectivity index (χ0v) is 9.21. The topological polar surface area (TPSA) is 38.3 Å². The lowest BCUT2D eigenvalue weighted by molar-refractivity contribution is -0.125. The molecule has 3 nitrogen and oxygen atoms in total. The highest BCUT2D eigenvalue weighted by atomic mass is 16.5. The van der Waals surface area contributed by atoms with Crippen LogP contribution in [0.2, 0.25) is 0 Å². The van der Waals surface area contributed by atoms with Crippen molar-refractivity contribution in [1.29, 1.82) is 0 Å². The average Bonchev–Trinajstić information content (AvgIpc) is 2.18. The molecule has 1 N–H and O–H groups in total. The van der Waals surface area contributed by atoms with E-state index in [4.69, 9.17) is 4.74 Å². The summed E-state index contributed by atoms with van der Waals surface area (Å²) in [6, 6.07) is 0.470. The lowest BCUT2D eigenvalue weighted by Crippen LogP contribution is -2.29. The smallest absolute Gasteiger partial charge is 0.137 e. The molecule has 1 rings (SSSR count). The van der Waals surface area contributed by atoms with Gasteiger partial charge in [0.25, 0.3) is 0 Å². The first-order chi connectivity index (χ1) is 6.70. The minimum atomic E-state index is 0.262. The predicted octanol–water partition coefficient (Wildman–Crippen LogP) is 1.37. The van der Waals surface area contributed by atoms with E-state index in [0.29, 0.717) is 18.2 Å². The second-order valence-corrected chi connectivity index (χ2v) is 4.21. The maximum atomic E-state index is 11.7. The first-order valence-electron chi connectivity index (χ1n) is 5.54.